The Morgan fingerprint density at radius 2 is 1.56 bits per heavy atom. The summed E-state index contributed by atoms with van der Waals surface area (Å²) in [5.74, 6) is -0.439. The lowest BCUT2D eigenvalue weighted by atomic mass is 10.1. The molecule has 0 radical (unpaired) electrons. The second-order valence-electron chi connectivity index (χ2n) is 4.10. The highest BCUT2D eigenvalue weighted by Gasteiger charge is 2.04. The maximum absolute atomic E-state index is 11.4. The lowest BCUT2D eigenvalue weighted by Gasteiger charge is -2.03. The van der Waals surface area contributed by atoms with E-state index in [2.05, 4.69) is 0 Å². The summed E-state index contributed by atoms with van der Waals surface area (Å²) in [7, 11) is 0. The first-order valence-electron chi connectivity index (χ1n) is 6.16. The maximum atomic E-state index is 11.4. The summed E-state index contributed by atoms with van der Waals surface area (Å²) in [6.45, 7) is 0. The van der Waals surface area contributed by atoms with Crippen molar-refractivity contribution in [2.75, 3.05) is 0 Å². The molecule has 1 N–H and O–H groups in total. The highest BCUT2D eigenvalue weighted by molar-refractivity contribution is 5.72. The molecule has 0 saturated heterocycles. The molecule has 0 spiro atoms. The molecule has 0 amide bonds. The van der Waals surface area contributed by atoms with Crippen LogP contribution in [0.3, 0.4) is 0 Å². The highest BCUT2D eigenvalue weighted by atomic mass is 16.5. The number of ether oxygens (including phenoxy) is 1. The van der Waals surface area contributed by atoms with Crippen molar-refractivity contribution in [3.8, 4) is 5.75 Å². The minimum absolute atomic E-state index is 0.203. The molecule has 0 bridgehead atoms. The Balaban J connectivity index is 2.05. The second kappa shape index (κ2) is 8.28. The molecular weight excluding hydrogens is 232 g/mol. The summed E-state index contributed by atoms with van der Waals surface area (Å²) < 4.78 is 5.13. The van der Waals surface area contributed by atoms with Crippen LogP contribution in [0.1, 0.15) is 38.5 Å². The van der Waals surface area contributed by atoms with Gasteiger partial charge >= 0.3 is 11.9 Å². The van der Waals surface area contributed by atoms with Gasteiger partial charge in [-0.1, -0.05) is 31.0 Å². The van der Waals surface area contributed by atoms with Crippen LogP contribution in [0.5, 0.6) is 5.75 Å². The molecule has 0 aliphatic carbocycles. The lowest BCUT2D eigenvalue weighted by molar-refractivity contribution is -0.137. The first-order valence-corrected chi connectivity index (χ1v) is 6.16. The van der Waals surface area contributed by atoms with E-state index in [9.17, 15) is 9.59 Å². The van der Waals surface area contributed by atoms with Gasteiger partial charge in [0.25, 0.3) is 0 Å². The zero-order chi connectivity index (χ0) is 13.2. The second-order valence-corrected chi connectivity index (χ2v) is 4.10. The molecule has 0 fully saturated rings. The number of hydrogen-bond donors (Lipinski definition) is 1. The molecule has 98 valence electrons. The zero-order valence-corrected chi connectivity index (χ0v) is 10.3. The summed E-state index contributed by atoms with van der Waals surface area (Å²) in [5.41, 5.74) is 0. The number of carbonyl (C=O) groups is 2. The quantitative estimate of drug-likeness (QED) is 0.437. The van der Waals surface area contributed by atoms with Gasteiger partial charge in [-0.25, -0.2) is 0 Å². The van der Waals surface area contributed by atoms with Crippen LogP contribution in [-0.2, 0) is 9.59 Å². The Morgan fingerprint density at radius 3 is 2.17 bits per heavy atom. The molecule has 0 aliphatic heterocycles. The predicted octanol–water partition coefficient (Wildman–Crippen LogP) is 3.02. The third kappa shape index (κ3) is 6.68. The van der Waals surface area contributed by atoms with Crippen LogP contribution in [0.25, 0.3) is 0 Å². The van der Waals surface area contributed by atoms with Crippen molar-refractivity contribution in [1.82, 2.24) is 0 Å². The third-order valence-corrected chi connectivity index (χ3v) is 2.50. The Kier molecular flexibility index (Phi) is 6.54. The van der Waals surface area contributed by atoms with Gasteiger partial charge in [0, 0.05) is 12.8 Å². The van der Waals surface area contributed by atoms with Crippen LogP contribution < -0.4 is 4.74 Å². The van der Waals surface area contributed by atoms with Crippen molar-refractivity contribution in [3.05, 3.63) is 30.3 Å². The summed E-state index contributed by atoms with van der Waals surface area (Å²) in [6.07, 6.45) is 3.69. The standard InChI is InChI=1S/C14H18O4/c15-13(16)10-6-1-2-7-11-14(17)18-12-8-4-3-5-9-12/h3-5,8-9H,1-2,6-7,10-11H2,(H,15,16). The van der Waals surface area contributed by atoms with Crippen molar-refractivity contribution < 1.29 is 19.4 Å². The molecule has 1 aromatic carbocycles. The molecule has 0 saturated carbocycles. The largest absolute Gasteiger partial charge is 0.481 e. The van der Waals surface area contributed by atoms with Crippen LogP contribution in [0.4, 0.5) is 0 Å². The summed E-state index contributed by atoms with van der Waals surface area (Å²) in [6, 6.07) is 8.97. The van der Waals surface area contributed by atoms with E-state index in [0.29, 0.717) is 18.6 Å². The Morgan fingerprint density at radius 1 is 0.944 bits per heavy atom. The van der Waals surface area contributed by atoms with Gasteiger partial charge in [-0.05, 0) is 25.0 Å². The van der Waals surface area contributed by atoms with Gasteiger partial charge in [-0.15, -0.1) is 0 Å². The van der Waals surface area contributed by atoms with E-state index >= 15 is 0 Å². The Labute approximate surface area is 107 Å². The van der Waals surface area contributed by atoms with Gasteiger partial charge in [0.2, 0.25) is 0 Å². The topological polar surface area (TPSA) is 63.6 Å². The number of aliphatic carboxylic acids is 1. The van der Waals surface area contributed by atoms with Crippen LogP contribution in [0, 0.1) is 0 Å². The summed E-state index contributed by atoms with van der Waals surface area (Å²) in [5, 5.41) is 8.45. The third-order valence-electron chi connectivity index (χ3n) is 2.50. The van der Waals surface area contributed by atoms with Gasteiger partial charge < -0.3 is 9.84 Å². The van der Waals surface area contributed by atoms with E-state index in [4.69, 9.17) is 9.84 Å². The monoisotopic (exact) mass is 250 g/mol. The molecule has 1 rings (SSSR count). The van der Waals surface area contributed by atoms with E-state index in [1.807, 2.05) is 18.2 Å². The van der Waals surface area contributed by atoms with E-state index in [0.717, 1.165) is 19.3 Å². The Hall–Kier alpha value is -1.84. The normalized spacial score (nSPS) is 10.0. The molecule has 4 nitrogen and oxygen atoms in total. The van der Waals surface area contributed by atoms with Gasteiger partial charge in [0.05, 0.1) is 0 Å². The number of para-hydroxylation sites is 1. The van der Waals surface area contributed by atoms with Crippen LogP contribution >= 0.6 is 0 Å². The Bertz CT molecular complexity index is 373. The number of carboxylic acid groups (broad SMARTS) is 1. The maximum Gasteiger partial charge on any atom is 0.311 e. The number of hydrogen-bond acceptors (Lipinski definition) is 3. The fraction of sp³-hybridized carbons (Fsp3) is 0.429. The number of rotatable bonds is 8. The van der Waals surface area contributed by atoms with Gasteiger partial charge in [-0.3, -0.25) is 9.59 Å². The average Bonchev–Trinajstić information content (AvgIpc) is 2.34. The first-order chi connectivity index (χ1) is 8.68. The van der Waals surface area contributed by atoms with E-state index in [1.165, 1.54) is 0 Å². The van der Waals surface area contributed by atoms with Crippen molar-refractivity contribution in [2.24, 2.45) is 0 Å². The molecule has 0 atom stereocenters. The first kappa shape index (κ1) is 14.2. The van der Waals surface area contributed by atoms with Crippen molar-refractivity contribution >= 4 is 11.9 Å². The number of carbonyl (C=O) groups excluding carboxylic acids is 1. The number of carboxylic acids is 1. The average molecular weight is 250 g/mol. The van der Waals surface area contributed by atoms with Gasteiger partial charge in [0.1, 0.15) is 5.75 Å². The van der Waals surface area contributed by atoms with Crippen LogP contribution in [-0.4, -0.2) is 17.0 Å². The fourth-order valence-electron chi connectivity index (χ4n) is 1.57. The van der Waals surface area contributed by atoms with Gasteiger partial charge in [0.15, 0.2) is 0 Å². The molecule has 1 aromatic rings. The summed E-state index contributed by atoms with van der Waals surface area (Å²) in [4.78, 5) is 21.7. The summed E-state index contributed by atoms with van der Waals surface area (Å²) >= 11 is 0. The highest BCUT2D eigenvalue weighted by Crippen LogP contribution is 2.11. The van der Waals surface area contributed by atoms with E-state index in [-0.39, 0.29) is 12.4 Å². The van der Waals surface area contributed by atoms with Crippen molar-refractivity contribution in [3.63, 3.8) is 0 Å². The molecule has 0 unspecified atom stereocenters. The predicted molar refractivity (Wildman–Crippen MR) is 67.4 cm³/mol. The molecule has 0 aliphatic rings. The zero-order valence-electron chi connectivity index (χ0n) is 10.3. The SMILES string of the molecule is O=C(O)CCCCCCC(=O)Oc1ccccc1. The van der Waals surface area contributed by atoms with E-state index < -0.39 is 5.97 Å². The minimum atomic E-state index is -0.765. The number of esters is 1. The van der Waals surface area contributed by atoms with Gasteiger partial charge in [-0.2, -0.15) is 0 Å². The van der Waals surface area contributed by atoms with Crippen LogP contribution in [0.15, 0.2) is 30.3 Å². The molecule has 0 aromatic heterocycles. The fourth-order valence-corrected chi connectivity index (χ4v) is 1.57. The number of unbranched alkanes of at least 4 members (excludes halogenated alkanes) is 3. The van der Waals surface area contributed by atoms with Crippen molar-refractivity contribution in [2.45, 2.75) is 38.5 Å². The molecular formula is C14H18O4. The molecule has 4 heteroatoms. The molecule has 0 heterocycles. The molecule has 18 heavy (non-hydrogen) atoms. The number of benzene rings is 1. The van der Waals surface area contributed by atoms with Crippen molar-refractivity contribution in [1.29, 1.82) is 0 Å². The lowest BCUT2D eigenvalue weighted by Crippen LogP contribution is -2.07. The minimum Gasteiger partial charge on any atom is -0.481 e. The van der Waals surface area contributed by atoms with E-state index in [1.54, 1.807) is 12.1 Å². The van der Waals surface area contributed by atoms with Crippen LogP contribution in [0.2, 0.25) is 0 Å². The smallest absolute Gasteiger partial charge is 0.311 e.